The number of hydrogen-bond donors (Lipinski definition) is 1. The molecule has 33 heavy (non-hydrogen) atoms. The zero-order chi connectivity index (χ0) is 22.7. The maximum absolute atomic E-state index is 13.2. The summed E-state index contributed by atoms with van der Waals surface area (Å²) in [5, 5.41) is 11.0. The molecule has 2 heterocycles. The Hall–Kier alpha value is -1.10. The van der Waals surface area contributed by atoms with Crippen LogP contribution in [0.4, 0.5) is 5.69 Å². The summed E-state index contributed by atoms with van der Waals surface area (Å²) in [7, 11) is 1.58. The number of carbonyl (C=O) groups excluding carboxylic acids is 1. The molecule has 0 radical (unpaired) electrons. The number of halogens is 4. The van der Waals surface area contributed by atoms with E-state index >= 15 is 0 Å². The van der Waals surface area contributed by atoms with Crippen molar-refractivity contribution in [3.63, 3.8) is 0 Å². The van der Waals surface area contributed by atoms with Gasteiger partial charge in [0.25, 0.3) is 5.91 Å². The van der Waals surface area contributed by atoms with Crippen molar-refractivity contribution in [3.8, 4) is 0 Å². The molecular formula is C23H26Cl3IN4O2. The Balaban J connectivity index is 0.00000306. The number of hydrogen-bond acceptors (Lipinski definition) is 5. The van der Waals surface area contributed by atoms with Crippen LogP contribution in [0.1, 0.15) is 30.9 Å². The van der Waals surface area contributed by atoms with E-state index in [1.807, 2.05) is 12.1 Å². The van der Waals surface area contributed by atoms with E-state index < -0.39 is 12.1 Å². The minimum atomic E-state index is -0.593. The van der Waals surface area contributed by atoms with E-state index in [1.54, 1.807) is 42.5 Å². The minimum Gasteiger partial charge on any atom is -0.372 e. The van der Waals surface area contributed by atoms with Crippen LogP contribution in [0.2, 0.25) is 15.1 Å². The molecule has 2 aromatic carbocycles. The first kappa shape index (κ1) is 26.5. The monoisotopic (exact) mass is 622 g/mol. The summed E-state index contributed by atoms with van der Waals surface area (Å²) in [6.45, 7) is 2.46. The lowest BCUT2D eigenvalue weighted by Gasteiger charge is -2.28. The molecule has 1 fully saturated rings. The van der Waals surface area contributed by atoms with E-state index in [1.165, 1.54) is 6.42 Å². The molecule has 0 spiro atoms. The van der Waals surface area contributed by atoms with E-state index in [9.17, 15) is 4.79 Å². The molecule has 2 aromatic rings. The second-order valence-corrected chi connectivity index (χ2v) is 9.20. The number of piperidine rings is 1. The minimum absolute atomic E-state index is 0. The van der Waals surface area contributed by atoms with Crippen molar-refractivity contribution >= 4 is 76.1 Å². The Morgan fingerprint density at radius 1 is 1.06 bits per heavy atom. The highest BCUT2D eigenvalue weighted by Crippen LogP contribution is 2.41. The van der Waals surface area contributed by atoms with Gasteiger partial charge in [0, 0.05) is 17.2 Å². The van der Waals surface area contributed by atoms with Crippen molar-refractivity contribution < 1.29 is 9.53 Å². The molecule has 0 saturated carbocycles. The molecule has 2 aliphatic rings. The lowest BCUT2D eigenvalue weighted by atomic mass is 9.98. The predicted octanol–water partition coefficient (Wildman–Crippen LogP) is 5.76. The van der Waals surface area contributed by atoms with Crippen molar-refractivity contribution in [3.05, 3.63) is 63.1 Å². The Labute approximate surface area is 226 Å². The number of methoxy groups -OCH3 is 1. The number of rotatable bonds is 6. The smallest absolute Gasteiger partial charge is 0.271 e. The molecule has 0 aliphatic carbocycles. The molecule has 1 amide bonds. The fourth-order valence-corrected chi connectivity index (χ4v) is 4.79. The SMILES string of the molecule is COC1C(C(=O)NCN2CCCCC2)=NN(c2ccc(Cl)cc2Cl)C1c1ccc(Cl)cc1.I. The van der Waals surface area contributed by atoms with Crippen molar-refractivity contribution in [1.29, 1.82) is 0 Å². The summed E-state index contributed by atoms with van der Waals surface area (Å²) in [6.07, 6.45) is 2.95. The first-order valence-electron chi connectivity index (χ1n) is 10.6. The third kappa shape index (κ3) is 6.13. The summed E-state index contributed by atoms with van der Waals surface area (Å²) in [6, 6.07) is 12.2. The quantitative estimate of drug-likeness (QED) is 0.416. The van der Waals surface area contributed by atoms with Gasteiger partial charge in [-0.2, -0.15) is 5.10 Å². The van der Waals surface area contributed by atoms with Gasteiger partial charge in [-0.05, 0) is 61.8 Å². The normalized spacial score (nSPS) is 20.8. The summed E-state index contributed by atoms with van der Waals surface area (Å²) in [4.78, 5) is 15.4. The van der Waals surface area contributed by atoms with E-state index in [0.717, 1.165) is 31.5 Å². The molecule has 0 aromatic heterocycles. The first-order chi connectivity index (χ1) is 15.5. The summed E-state index contributed by atoms with van der Waals surface area (Å²) in [5.74, 6) is -0.256. The van der Waals surface area contributed by atoms with Crippen LogP contribution >= 0.6 is 58.8 Å². The average Bonchev–Trinajstić information content (AvgIpc) is 3.18. The van der Waals surface area contributed by atoms with Crippen LogP contribution in [-0.2, 0) is 9.53 Å². The van der Waals surface area contributed by atoms with Gasteiger partial charge < -0.3 is 10.1 Å². The van der Waals surface area contributed by atoms with E-state index in [2.05, 4.69) is 15.3 Å². The van der Waals surface area contributed by atoms with Gasteiger partial charge in [-0.25, -0.2) is 0 Å². The van der Waals surface area contributed by atoms with Gasteiger partial charge in [0.1, 0.15) is 12.1 Å². The van der Waals surface area contributed by atoms with Gasteiger partial charge >= 0.3 is 0 Å². The second kappa shape index (κ2) is 12.0. The third-order valence-electron chi connectivity index (χ3n) is 5.80. The van der Waals surface area contributed by atoms with E-state index in [0.29, 0.717) is 33.1 Å². The molecule has 1 N–H and O–H groups in total. The molecule has 0 bridgehead atoms. The number of anilines is 1. The molecule has 10 heteroatoms. The Kier molecular flexibility index (Phi) is 9.67. The number of ether oxygens (including phenoxy) is 1. The maximum atomic E-state index is 13.2. The summed E-state index contributed by atoms with van der Waals surface area (Å²) >= 11 is 18.7. The van der Waals surface area contributed by atoms with Crippen LogP contribution in [0.3, 0.4) is 0 Å². The van der Waals surface area contributed by atoms with E-state index in [-0.39, 0.29) is 29.9 Å². The lowest BCUT2D eigenvalue weighted by Crippen LogP contribution is -2.45. The molecule has 2 unspecified atom stereocenters. The van der Waals surface area contributed by atoms with Gasteiger partial charge in [0.05, 0.1) is 17.4 Å². The van der Waals surface area contributed by atoms with Gasteiger partial charge in [-0.15, -0.1) is 24.0 Å². The number of hydrazone groups is 1. The molecule has 6 nitrogen and oxygen atoms in total. The number of nitrogens with zero attached hydrogens (tertiary/aromatic N) is 3. The Morgan fingerprint density at radius 2 is 1.73 bits per heavy atom. The number of carbonyl (C=O) groups is 1. The van der Waals surface area contributed by atoms with Crippen LogP contribution in [0, 0.1) is 0 Å². The maximum Gasteiger partial charge on any atom is 0.271 e. The molecule has 2 atom stereocenters. The topological polar surface area (TPSA) is 57.2 Å². The van der Waals surface area contributed by atoms with Gasteiger partial charge in [0.15, 0.2) is 5.71 Å². The summed E-state index contributed by atoms with van der Waals surface area (Å²) < 4.78 is 5.80. The highest BCUT2D eigenvalue weighted by molar-refractivity contribution is 14.0. The second-order valence-electron chi connectivity index (χ2n) is 7.92. The van der Waals surface area contributed by atoms with Crippen LogP contribution in [0.5, 0.6) is 0 Å². The van der Waals surface area contributed by atoms with E-state index in [4.69, 9.17) is 39.5 Å². The molecule has 2 aliphatic heterocycles. The lowest BCUT2D eigenvalue weighted by molar-refractivity contribution is -0.116. The number of likely N-dealkylation sites (tertiary alicyclic amines) is 1. The highest BCUT2D eigenvalue weighted by atomic mass is 127. The first-order valence-corrected chi connectivity index (χ1v) is 11.7. The third-order valence-corrected chi connectivity index (χ3v) is 6.59. The standard InChI is InChI=1S/C23H25Cl3N4O2.HI/c1-32-22-20(23(31)27-14-29-11-3-2-4-12-29)28-30(19-10-9-17(25)13-18(19)26)21(22)15-5-7-16(24)8-6-15;/h5-10,13,21-22H,2-4,11-12,14H2,1H3,(H,27,31);1H. The van der Waals surface area contributed by atoms with Crippen molar-refractivity contribution in [2.45, 2.75) is 31.4 Å². The molecule has 178 valence electrons. The van der Waals surface area contributed by atoms with Crippen LogP contribution < -0.4 is 10.3 Å². The zero-order valence-electron chi connectivity index (χ0n) is 18.1. The van der Waals surface area contributed by atoms with Crippen LogP contribution in [-0.4, -0.2) is 49.5 Å². The zero-order valence-corrected chi connectivity index (χ0v) is 22.7. The van der Waals surface area contributed by atoms with Crippen molar-refractivity contribution in [2.75, 3.05) is 31.9 Å². The van der Waals surface area contributed by atoms with Gasteiger partial charge in [-0.3, -0.25) is 14.7 Å². The van der Waals surface area contributed by atoms with Gasteiger partial charge in [-0.1, -0.05) is 53.4 Å². The van der Waals surface area contributed by atoms with Crippen molar-refractivity contribution in [1.82, 2.24) is 10.2 Å². The molecular weight excluding hydrogens is 598 g/mol. The Bertz CT molecular complexity index is 1000. The number of nitrogens with one attached hydrogen (secondary N) is 1. The van der Waals surface area contributed by atoms with Crippen molar-refractivity contribution in [2.24, 2.45) is 5.10 Å². The molecule has 1 saturated heterocycles. The number of amides is 1. The van der Waals surface area contributed by atoms with Crippen LogP contribution in [0.25, 0.3) is 0 Å². The predicted molar refractivity (Wildman–Crippen MR) is 145 cm³/mol. The number of benzene rings is 2. The Morgan fingerprint density at radius 3 is 2.36 bits per heavy atom. The molecule has 4 rings (SSSR count). The highest BCUT2D eigenvalue weighted by Gasteiger charge is 2.43. The van der Waals surface area contributed by atoms with Crippen LogP contribution in [0.15, 0.2) is 47.6 Å². The summed E-state index contributed by atoms with van der Waals surface area (Å²) in [5.41, 5.74) is 1.84. The average molecular weight is 624 g/mol. The van der Waals surface area contributed by atoms with Gasteiger partial charge in [0.2, 0.25) is 0 Å². The fraction of sp³-hybridized carbons (Fsp3) is 0.391. The fourth-order valence-electron chi connectivity index (χ4n) is 4.17. The largest absolute Gasteiger partial charge is 0.372 e.